The van der Waals surface area contributed by atoms with E-state index in [9.17, 15) is 4.79 Å². The van der Waals surface area contributed by atoms with Crippen LogP contribution in [0.25, 0.3) is 0 Å². The quantitative estimate of drug-likeness (QED) is 0.750. The molecule has 3 nitrogen and oxygen atoms in total. The number of hydrogen-bond acceptors (Lipinski definition) is 2. The summed E-state index contributed by atoms with van der Waals surface area (Å²) >= 11 is 0. The van der Waals surface area contributed by atoms with E-state index >= 15 is 0 Å². The fraction of sp³-hybridized carbons (Fsp3) is 0.400. The van der Waals surface area contributed by atoms with Crippen LogP contribution in [0.15, 0.2) is 30.3 Å². The minimum atomic E-state index is -0.845. The van der Waals surface area contributed by atoms with Gasteiger partial charge in [0.2, 0.25) is 0 Å². The van der Waals surface area contributed by atoms with E-state index < -0.39 is 5.97 Å². The summed E-state index contributed by atoms with van der Waals surface area (Å²) in [5.74, 6) is 1.70. The van der Waals surface area contributed by atoms with Crippen LogP contribution in [-0.2, 0) is 4.79 Å². The number of carbonyl (C=O) groups is 1. The Bertz CT molecular complexity index is 408. The van der Waals surface area contributed by atoms with Crippen LogP contribution in [0.3, 0.4) is 0 Å². The van der Waals surface area contributed by atoms with Gasteiger partial charge in [-0.25, -0.2) is 0 Å². The standard InChI is InChI=1S/C15H19NO2/c1-3-8-14(13-9-6-5-7-10-13)16(11-4-2)12-15(17)18/h2,5-7,9-10,14H,3,8,11-12H2,1H3,(H,17,18). The minimum absolute atomic E-state index is 0.0240. The number of nitrogens with zero attached hydrogens (tertiary/aromatic N) is 1. The lowest BCUT2D eigenvalue weighted by atomic mass is 10.0. The third-order valence-electron chi connectivity index (χ3n) is 2.82. The molecule has 18 heavy (non-hydrogen) atoms. The average molecular weight is 245 g/mol. The van der Waals surface area contributed by atoms with Crippen molar-refractivity contribution in [3.8, 4) is 12.3 Å². The Morgan fingerprint density at radius 2 is 2.11 bits per heavy atom. The van der Waals surface area contributed by atoms with Gasteiger partial charge in [0.15, 0.2) is 0 Å². The molecule has 0 saturated heterocycles. The molecule has 1 aromatic rings. The second kappa shape index (κ2) is 7.52. The summed E-state index contributed by atoms with van der Waals surface area (Å²) in [6.45, 7) is 2.42. The van der Waals surface area contributed by atoms with Crippen LogP contribution >= 0.6 is 0 Å². The summed E-state index contributed by atoms with van der Waals surface area (Å²) < 4.78 is 0. The lowest BCUT2D eigenvalue weighted by Crippen LogP contribution is -2.34. The second-order valence-corrected chi connectivity index (χ2v) is 4.22. The molecule has 0 aliphatic heterocycles. The highest BCUT2D eigenvalue weighted by molar-refractivity contribution is 5.69. The molecule has 0 fully saturated rings. The third kappa shape index (κ3) is 4.23. The highest BCUT2D eigenvalue weighted by Crippen LogP contribution is 2.25. The van der Waals surface area contributed by atoms with E-state index in [2.05, 4.69) is 12.8 Å². The van der Waals surface area contributed by atoms with Crippen LogP contribution < -0.4 is 0 Å². The Hall–Kier alpha value is -1.79. The van der Waals surface area contributed by atoms with E-state index in [4.69, 9.17) is 11.5 Å². The highest BCUT2D eigenvalue weighted by Gasteiger charge is 2.20. The molecule has 1 unspecified atom stereocenters. The predicted octanol–water partition coefficient (Wildman–Crippen LogP) is 2.55. The van der Waals surface area contributed by atoms with Crippen LogP contribution in [-0.4, -0.2) is 29.1 Å². The van der Waals surface area contributed by atoms with Crippen LogP contribution in [0.2, 0.25) is 0 Å². The van der Waals surface area contributed by atoms with Crippen LogP contribution in [0.4, 0.5) is 0 Å². The summed E-state index contributed by atoms with van der Waals surface area (Å²) in [5, 5.41) is 8.96. The Kier molecular flexibility index (Phi) is 5.96. The number of rotatable bonds is 7. The molecule has 0 spiro atoms. The van der Waals surface area contributed by atoms with E-state index in [1.54, 1.807) is 0 Å². The maximum Gasteiger partial charge on any atom is 0.317 e. The second-order valence-electron chi connectivity index (χ2n) is 4.22. The minimum Gasteiger partial charge on any atom is -0.480 e. The Morgan fingerprint density at radius 3 is 2.61 bits per heavy atom. The summed E-state index contributed by atoms with van der Waals surface area (Å²) in [4.78, 5) is 12.7. The molecular weight excluding hydrogens is 226 g/mol. The van der Waals surface area contributed by atoms with Gasteiger partial charge in [-0.2, -0.15) is 0 Å². The van der Waals surface area contributed by atoms with Crippen molar-refractivity contribution in [1.82, 2.24) is 4.90 Å². The summed E-state index contributed by atoms with van der Waals surface area (Å²) in [6.07, 6.45) is 7.22. The van der Waals surface area contributed by atoms with E-state index in [1.165, 1.54) is 0 Å². The molecule has 0 amide bonds. The summed E-state index contributed by atoms with van der Waals surface area (Å²) in [6, 6.07) is 10.00. The number of hydrogen-bond donors (Lipinski definition) is 1. The van der Waals surface area contributed by atoms with Crippen molar-refractivity contribution in [2.24, 2.45) is 0 Å². The lowest BCUT2D eigenvalue weighted by molar-refractivity contribution is -0.138. The molecule has 3 heteroatoms. The number of aliphatic carboxylic acids is 1. The van der Waals surface area contributed by atoms with Gasteiger partial charge < -0.3 is 5.11 Å². The molecule has 0 saturated carbocycles. The Labute approximate surface area is 108 Å². The van der Waals surface area contributed by atoms with Gasteiger partial charge >= 0.3 is 5.97 Å². The Balaban J connectivity index is 2.93. The summed E-state index contributed by atoms with van der Waals surface area (Å²) in [7, 11) is 0. The zero-order chi connectivity index (χ0) is 13.4. The summed E-state index contributed by atoms with van der Waals surface area (Å²) in [5.41, 5.74) is 1.12. The van der Waals surface area contributed by atoms with Gasteiger partial charge in [0, 0.05) is 6.04 Å². The van der Waals surface area contributed by atoms with Crippen LogP contribution in [0, 0.1) is 12.3 Å². The monoisotopic (exact) mass is 245 g/mol. The van der Waals surface area contributed by atoms with Crippen molar-refractivity contribution >= 4 is 5.97 Å². The first-order valence-corrected chi connectivity index (χ1v) is 6.13. The fourth-order valence-electron chi connectivity index (χ4n) is 2.08. The van der Waals surface area contributed by atoms with Gasteiger partial charge in [-0.1, -0.05) is 49.6 Å². The van der Waals surface area contributed by atoms with Crippen molar-refractivity contribution in [2.75, 3.05) is 13.1 Å². The number of carboxylic acid groups (broad SMARTS) is 1. The molecule has 0 aliphatic rings. The maximum atomic E-state index is 10.9. The first kappa shape index (κ1) is 14.3. The van der Waals surface area contributed by atoms with E-state index in [-0.39, 0.29) is 12.6 Å². The first-order chi connectivity index (χ1) is 8.69. The molecule has 1 atom stereocenters. The van der Waals surface area contributed by atoms with Gasteiger partial charge in [0.1, 0.15) is 0 Å². The van der Waals surface area contributed by atoms with Crippen molar-refractivity contribution in [2.45, 2.75) is 25.8 Å². The topological polar surface area (TPSA) is 40.5 Å². The van der Waals surface area contributed by atoms with E-state index in [0.717, 1.165) is 18.4 Å². The molecule has 0 aromatic heterocycles. The molecule has 0 heterocycles. The van der Waals surface area contributed by atoms with Crippen molar-refractivity contribution in [3.05, 3.63) is 35.9 Å². The highest BCUT2D eigenvalue weighted by atomic mass is 16.4. The normalized spacial score (nSPS) is 12.1. The van der Waals surface area contributed by atoms with Crippen molar-refractivity contribution in [1.29, 1.82) is 0 Å². The van der Waals surface area contributed by atoms with Gasteiger partial charge in [-0.15, -0.1) is 6.42 Å². The fourth-order valence-corrected chi connectivity index (χ4v) is 2.08. The van der Waals surface area contributed by atoms with E-state index in [0.29, 0.717) is 6.54 Å². The third-order valence-corrected chi connectivity index (χ3v) is 2.82. The zero-order valence-electron chi connectivity index (χ0n) is 10.7. The van der Waals surface area contributed by atoms with Gasteiger partial charge in [-0.05, 0) is 12.0 Å². The number of terminal acetylenes is 1. The smallest absolute Gasteiger partial charge is 0.317 e. The molecule has 96 valence electrons. The van der Waals surface area contributed by atoms with Gasteiger partial charge in [-0.3, -0.25) is 9.69 Å². The SMILES string of the molecule is C#CCN(CC(=O)O)C(CCC)c1ccccc1. The van der Waals surface area contributed by atoms with Crippen LogP contribution in [0.1, 0.15) is 31.4 Å². The van der Waals surface area contributed by atoms with Crippen molar-refractivity contribution < 1.29 is 9.90 Å². The molecule has 0 aliphatic carbocycles. The molecule has 0 bridgehead atoms. The maximum absolute atomic E-state index is 10.9. The van der Waals surface area contributed by atoms with Crippen LogP contribution in [0.5, 0.6) is 0 Å². The van der Waals surface area contributed by atoms with Gasteiger partial charge in [0.25, 0.3) is 0 Å². The largest absolute Gasteiger partial charge is 0.480 e. The Morgan fingerprint density at radius 1 is 1.44 bits per heavy atom. The number of carboxylic acids is 1. The predicted molar refractivity (Wildman–Crippen MR) is 72.1 cm³/mol. The average Bonchev–Trinajstić information content (AvgIpc) is 2.36. The molecule has 1 rings (SSSR count). The van der Waals surface area contributed by atoms with Gasteiger partial charge in [0.05, 0.1) is 13.1 Å². The molecule has 1 aromatic carbocycles. The first-order valence-electron chi connectivity index (χ1n) is 6.13. The molecule has 0 radical (unpaired) electrons. The number of benzene rings is 1. The van der Waals surface area contributed by atoms with Crippen molar-refractivity contribution in [3.63, 3.8) is 0 Å². The van der Waals surface area contributed by atoms with E-state index in [1.807, 2.05) is 35.2 Å². The zero-order valence-corrected chi connectivity index (χ0v) is 10.7. The molecule has 1 N–H and O–H groups in total. The lowest BCUT2D eigenvalue weighted by Gasteiger charge is -2.29. The molecular formula is C15H19NO2.